The molecule has 0 saturated carbocycles. The van der Waals surface area contributed by atoms with Crippen molar-refractivity contribution in [3.05, 3.63) is 112 Å². The quantitative estimate of drug-likeness (QED) is 0.292. The second kappa shape index (κ2) is 11.0. The molecule has 8 nitrogen and oxygen atoms in total. The maximum atomic E-state index is 15.1. The second-order valence-electron chi connectivity index (χ2n) is 9.64. The molecule has 1 aliphatic heterocycles. The molecule has 3 heterocycles. The topological polar surface area (TPSA) is 92.6 Å². The predicted molar refractivity (Wildman–Crippen MR) is 145 cm³/mol. The molecule has 1 aliphatic rings. The maximum Gasteiger partial charge on any atom is 0.274 e. The summed E-state index contributed by atoms with van der Waals surface area (Å²) in [5.74, 6) is -0.641. The molecule has 0 radical (unpaired) electrons. The molecule has 1 saturated heterocycles. The number of rotatable bonds is 6. The monoisotopic (exact) mass is 559 g/mol. The van der Waals surface area contributed by atoms with E-state index in [0.29, 0.717) is 59.2 Å². The Hall–Kier alpha value is -4.44. The first kappa shape index (κ1) is 25.8. The molecule has 0 spiro atoms. The molecular weight excluding hydrogens is 536 g/mol. The zero-order valence-corrected chi connectivity index (χ0v) is 22.0. The van der Waals surface area contributed by atoms with Gasteiger partial charge in [0.15, 0.2) is 11.5 Å². The van der Waals surface area contributed by atoms with Crippen molar-refractivity contribution in [1.82, 2.24) is 35.3 Å². The molecule has 40 heavy (non-hydrogen) atoms. The fraction of sp³-hybridized carbons (Fsp3) is 0.207. The zero-order valence-electron chi connectivity index (χ0n) is 21.3. The molecule has 0 atom stereocenters. The van der Waals surface area contributed by atoms with Gasteiger partial charge in [-0.3, -0.25) is 4.79 Å². The Kier molecular flexibility index (Phi) is 7.08. The van der Waals surface area contributed by atoms with Gasteiger partial charge in [0.2, 0.25) is 0 Å². The lowest BCUT2D eigenvalue weighted by Crippen LogP contribution is -2.38. The fourth-order valence-electron chi connectivity index (χ4n) is 5.26. The minimum absolute atomic E-state index is 0.0182. The van der Waals surface area contributed by atoms with E-state index in [0.717, 1.165) is 0 Å². The summed E-state index contributed by atoms with van der Waals surface area (Å²) in [6.45, 7) is 0.866. The Morgan fingerprint density at radius 3 is 2.33 bits per heavy atom. The van der Waals surface area contributed by atoms with Gasteiger partial charge in [-0.15, -0.1) is 10.2 Å². The molecule has 1 amide bonds. The van der Waals surface area contributed by atoms with Crippen LogP contribution in [0.1, 0.15) is 46.2 Å². The molecule has 1 fully saturated rings. The Morgan fingerprint density at radius 1 is 0.950 bits per heavy atom. The SMILES string of the molecule is O=C(c1nn(-c2ccccc2F)c(-c2ccc(Cl)cc2)c1Cc1nn[nH]n1)N1CCC(c2ccccc2F)CC1. The lowest BCUT2D eigenvalue weighted by atomic mass is 9.89. The van der Waals surface area contributed by atoms with E-state index in [1.54, 1.807) is 59.5 Å². The third-order valence-corrected chi connectivity index (χ3v) is 7.49. The Balaban J connectivity index is 1.42. The Labute approximate surface area is 233 Å². The first-order valence-corrected chi connectivity index (χ1v) is 13.3. The van der Waals surface area contributed by atoms with E-state index < -0.39 is 5.82 Å². The number of para-hydroxylation sites is 1. The highest BCUT2D eigenvalue weighted by Gasteiger charge is 2.32. The highest BCUT2D eigenvalue weighted by Crippen LogP contribution is 2.35. The molecule has 0 bridgehead atoms. The number of carbonyl (C=O) groups excluding carboxylic acids is 1. The Morgan fingerprint density at radius 2 is 1.65 bits per heavy atom. The fourth-order valence-corrected chi connectivity index (χ4v) is 5.38. The average molecular weight is 560 g/mol. The number of benzene rings is 3. The number of H-pyrrole nitrogens is 1. The van der Waals surface area contributed by atoms with E-state index in [4.69, 9.17) is 16.7 Å². The first-order chi connectivity index (χ1) is 19.5. The van der Waals surface area contributed by atoms with E-state index in [9.17, 15) is 9.18 Å². The smallest absolute Gasteiger partial charge is 0.274 e. The minimum Gasteiger partial charge on any atom is -0.337 e. The molecule has 202 valence electrons. The highest BCUT2D eigenvalue weighted by molar-refractivity contribution is 6.30. The van der Waals surface area contributed by atoms with Crippen LogP contribution in [-0.2, 0) is 6.42 Å². The molecule has 3 aromatic carbocycles. The van der Waals surface area contributed by atoms with E-state index in [1.165, 1.54) is 16.8 Å². The number of amides is 1. The van der Waals surface area contributed by atoms with E-state index >= 15 is 4.39 Å². The Bertz CT molecular complexity index is 1650. The minimum atomic E-state index is -0.490. The largest absolute Gasteiger partial charge is 0.337 e. The third-order valence-electron chi connectivity index (χ3n) is 7.24. The van der Waals surface area contributed by atoms with Gasteiger partial charge in [0.25, 0.3) is 5.91 Å². The van der Waals surface area contributed by atoms with Crippen LogP contribution in [0, 0.1) is 11.6 Å². The number of hydrogen-bond donors (Lipinski definition) is 1. The number of aromatic nitrogens is 6. The van der Waals surface area contributed by atoms with Crippen LogP contribution in [0.3, 0.4) is 0 Å². The van der Waals surface area contributed by atoms with Gasteiger partial charge in [-0.2, -0.15) is 10.3 Å². The van der Waals surface area contributed by atoms with Crippen molar-refractivity contribution >= 4 is 17.5 Å². The van der Waals surface area contributed by atoms with Gasteiger partial charge >= 0.3 is 0 Å². The summed E-state index contributed by atoms with van der Waals surface area (Å²) < 4.78 is 31.0. The normalized spacial score (nSPS) is 14.0. The standard InChI is InChI=1S/C29H24ClF2N7O/c30-20-11-9-19(10-12-20)28-22(17-26-33-36-37-34-26)27(35-39(28)25-8-4-3-7-24(25)32)29(40)38-15-13-18(14-16-38)21-5-1-2-6-23(21)31/h1-12,18H,13-17H2,(H,33,34,36,37). The van der Waals surface area contributed by atoms with Crippen LogP contribution in [0.25, 0.3) is 16.9 Å². The number of hydrogen-bond acceptors (Lipinski definition) is 5. The van der Waals surface area contributed by atoms with Crippen LogP contribution in [0.4, 0.5) is 8.78 Å². The number of carbonyl (C=O) groups is 1. The molecule has 6 rings (SSSR count). The van der Waals surface area contributed by atoms with E-state index in [-0.39, 0.29) is 35.4 Å². The van der Waals surface area contributed by atoms with Crippen molar-refractivity contribution in [1.29, 1.82) is 0 Å². The number of likely N-dealkylation sites (tertiary alicyclic amines) is 1. The molecule has 0 unspecified atom stereocenters. The summed E-state index contributed by atoms with van der Waals surface area (Å²) in [7, 11) is 0. The van der Waals surface area contributed by atoms with Crippen LogP contribution >= 0.6 is 11.6 Å². The summed E-state index contributed by atoms with van der Waals surface area (Å²) in [6, 6.07) is 20.1. The van der Waals surface area contributed by atoms with Gasteiger partial charge in [0.05, 0.1) is 5.69 Å². The van der Waals surface area contributed by atoms with Gasteiger partial charge < -0.3 is 4.90 Å². The number of piperidine rings is 1. The summed E-state index contributed by atoms with van der Waals surface area (Å²) >= 11 is 6.16. The molecular formula is C29H24ClF2N7O. The van der Waals surface area contributed by atoms with Crippen LogP contribution in [-0.4, -0.2) is 54.3 Å². The van der Waals surface area contributed by atoms with Crippen LogP contribution in [0.2, 0.25) is 5.02 Å². The summed E-state index contributed by atoms with van der Waals surface area (Å²) in [5.41, 5.74) is 2.78. The predicted octanol–water partition coefficient (Wildman–Crippen LogP) is 5.59. The van der Waals surface area contributed by atoms with E-state index in [2.05, 4.69) is 20.6 Å². The second-order valence-corrected chi connectivity index (χ2v) is 10.1. The van der Waals surface area contributed by atoms with Gasteiger partial charge in [-0.05, 0) is 54.7 Å². The van der Waals surface area contributed by atoms with Gasteiger partial charge in [-0.1, -0.05) is 59.3 Å². The number of aromatic amines is 1. The van der Waals surface area contributed by atoms with Crippen molar-refractivity contribution in [2.24, 2.45) is 0 Å². The maximum absolute atomic E-state index is 15.1. The summed E-state index contributed by atoms with van der Waals surface area (Å²) in [6.07, 6.45) is 1.37. The molecule has 1 N–H and O–H groups in total. The first-order valence-electron chi connectivity index (χ1n) is 12.9. The number of tetrazole rings is 1. The lowest BCUT2D eigenvalue weighted by Gasteiger charge is -2.32. The van der Waals surface area contributed by atoms with Crippen molar-refractivity contribution in [2.75, 3.05) is 13.1 Å². The molecule has 11 heteroatoms. The third kappa shape index (κ3) is 4.98. The number of halogens is 3. The zero-order chi connectivity index (χ0) is 27.6. The number of nitrogens with one attached hydrogen (secondary N) is 1. The lowest BCUT2D eigenvalue weighted by molar-refractivity contribution is 0.0705. The number of nitrogens with zero attached hydrogens (tertiary/aromatic N) is 6. The van der Waals surface area contributed by atoms with Crippen molar-refractivity contribution in [3.63, 3.8) is 0 Å². The van der Waals surface area contributed by atoms with Gasteiger partial charge in [0.1, 0.15) is 17.3 Å². The van der Waals surface area contributed by atoms with Gasteiger partial charge in [0, 0.05) is 35.7 Å². The summed E-state index contributed by atoms with van der Waals surface area (Å²) in [4.78, 5) is 15.7. The van der Waals surface area contributed by atoms with Gasteiger partial charge in [-0.25, -0.2) is 13.5 Å². The molecule has 2 aromatic heterocycles. The highest BCUT2D eigenvalue weighted by atomic mass is 35.5. The average Bonchev–Trinajstić information content (AvgIpc) is 3.62. The van der Waals surface area contributed by atoms with E-state index in [1.807, 2.05) is 6.07 Å². The van der Waals surface area contributed by atoms with Crippen LogP contribution in [0.5, 0.6) is 0 Å². The van der Waals surface area contributed by atoms with Crippen molar-refractivity contribution in [3.8, 4) is 16.9 Å². The molecule has 5 aromatic rings. The summed E-state index contributed by atoms with van der Waals surface area (Å²) in [5, 5.41) is 19.5. The van der Waals surface area contributed by atoms with Crippen LogP contribution in [0.15, 0.2) is 72.8 Å². The van der Waals surface area contributed by atoms with Crippen molar-refractivity contribution < 1.29 is 13.6 Å². The molecule has 0 aliphatic carbocycles. The van der Waals surface area contributed by atoms with Crippen molar-refractivity contribution in [2.45, 2.75) is 25.2 Å². The van der Waals surface area contributed by atoms with Crippen LogP contribution < -0.4 is 0 Å².